The number of amidine groups is 1. The van der Waals surface area contributed by atoms with E-state index in [1.165, 1.54) is 18.5 Å². The Bertz CT molecular complexity index is 1120. The zero-order valence-electron chi connectivity index (χ0n) is 19.3. The van der Waals surface area contributed by atoms with E-state index >= 15 is 0 Å². The van der Waals surface area contributed by atoms with Crippen molar-refractivity contribution in [3.8, 4) is 0 Å². The summed E-state index contributed by atoms with van der Waals surface area (Å²) in [5.74, 6) is 1.80. The Morgan fingerprint density at radius 1 is 1.31 bits per heavy atom. The minimum absolute atomic E-state index is 0.354. The number of allylic oxidation sites excluding steroid dienone is 5. The maximum atomic E-state index is 4.93. The van der Waals surface area contributed by atoms with E-state index in [4.69, 9.17) is 4.99 Å². The summed E-state index contributed by atoms with van der Waals surface area (Å²) >= 11 is 0. The van der Waals surface area contributed by atoms with Crippen LogP contribution in [0.3, 0.4) is 0 Å². The second-order valence-corrected chi connectivity index (χ2v) is 9.19. The van der Waals surface area contributed by atoms with Gasteiger partial charge in [0.1, 0.15) is 11.7 Å². The van der Waals surface area contributed by atoms with Crippen LogP contribution in [0.4, 0.5) is 0 Å². The van der Waals surface area contributed by atoms with E-state index in [1.54, 1.807) is 0 Å². The third kappa shape index (κ3) is 4.02. The quantitative estimate of drug-likeness (QED) is 0.682. The summed E-state index contributed by atoms with van der Waals surface area (Å²) in [5.41, 5.74) is 6.62. The van der Waals surface area contributed by atoms with Crippen LogP contribution >= 0.6 is 0 Å². The van der Waals surface area contributed by atoms with Crippen LogP contribution in [0.1, 0.15) is 44.6 Å². The molecule has 3 aliphatic heterocycles. The molecule has 1 aliphatic carbocycles. The van der Waals surface area contributed by atoms with Gasteiger partial charge in [-0.05, 0) is 68.6 Å². The van der Waals surface area contributed by atoms with E-state index in [0.29, 0.717) is 5.54 Å². The third-order valence-corrected chi connectivity index (χ3v) is 6.51. The van der Waals surface area contributed by atoms with Gasteiger partial charge in [-0.15, -0.1) is 0 Å². The molecular formula is C26H32N6. The molecule has 2 N–H and O–H groups in total. The van der Waals surface area contributed by atoms with Crippen molar-refractivity contribution in [1.29, 1.82) is 0 Å². The second kappa shape index (κ2) is 8.10. The maximum Gasteiger partial charge on any atom is 0.137 e. The smallest absolute Gasteiger partial charge is 0.137 e. The van der Waals surface area contributed by atoms with Crippen LogP contribution in [0.2, 0.25) is 0 Å². The van der Waals surface area contributed by atoms with Gasteiger partial charge >= 0.3 is 0 Å². The second-order valence-electron chi connectivity index (χ2n) is 9.19. The number of aliphatic imine (C=N–C) groups is 1. The lowest BCUT2D eigenvalue weighted by Crippen LogP contribution is -2.52. The molecule has 6 heteroatoms. The monoisotopic (exact) mass is 428 g/mol. The zero-order chi connectivity index (χ0) is 22.3. The van der Waals surface area contributed by atoms with Crippen molar-refractivity contribution >= 4 is 11.4 Å². The Balaban J connectivity index is 1.39. The van der Waals surface area contributed by atoms with Gasteiger partial charge < -0.3 is 20.1 Å². The number of nitrogens with zero attached hydrogens (tertiary/aromatic N) is 4. The molecule has 0 atom stereocenters. The zero-order valence-corrected chi connectivity index (χ0v) is 19.3. The average Bonchev–Trinajstić information content (AvgIpc) is 3.38. The molecule has 0 bridgehead atoms. The van der Waals surface area contributed by atoms with E-state index in [0.717, 1.165) is 65.9 Å². The molecule has 0 aromatic carbocycles. The van der Waals surface area contributed by atoms with Crippen molar-refractivity contribution in [2.45, 2.75) is 45.6 Å². The van der Waals surface area contributed by atoms with Gasteiger partial charge in [0.05, 0.1) is 11.4 Å². The summed E-state index contributed by atoms with van der Waals surface area (Å²) in [7, 11) is 0. The summed E-state index contributed by atoms with van der Waals surface area (Å²) in [5, 5.41) is 3.70. The summed E-state index contributed by atoms with van der Waals surface area (Å²) < 4.78 is 0. The van der Waals surface area contributed by atoms with E-state index in [9.17, 15) is 0 Å². The van der Waals surface area contributed by atoms with Gasteiger partial charge in [-0.2, -0.15) is 0 Å². The highest BCUT2D eigenvalue weighted by atomic mass is 15.3. The van der Waals surface area contributed by atoms with Crippen LogP contribution in [0.15, 0.2) is 77.0 Å². The first-order chi connectivity index (χ1) is 15.5. The normalized spacial score (nSPS) is 23.2. The Kier molecular flexibility index (Phi) is 5.25. The lowest BCUT2D eigenvalue weighted by atomic mass is 10.1. The number of hydrogen-bond donors (Lipinski definition) is 2. The number of piperazine rings is 1. The number of imidazole rings is 1. The van der Waals surface area contributed by atoms with Crippen LogP contribution in [0.25, 0.3) is 5.57 Å². The predicted molar refractivity (Wildman–Crippen MR) is 131 cm³/mol. The Morgan fingerprint density at radius 2 is 2.16 bits per heavy atom. The molecule has 4 heterocycles. The topological polar surface area (TPSA) is 59.6 Å². The van der Waals surface area contributed by atoms with Crippen molar-refractivity contribution in [3.63, 3.8) is 0 Å². The van der Waals surface area contributed by atoms with E-state index in [1.807, 2.05) is 20.0 Å². The van der Waals surface area contributed by atoms with E-state index in [-0.39, 0.29) is 0 Å². The highest BCUT2D eigenvalue weighted by molar-refractivity contribution is 5.99. The standard InChI is InChI=1S/C26H32N6/c1-5-6-21-14-23(18(2)13-19(3)25-27-15-20(4)29-25)30-24-8-7-22(16-32(21)24)31-12-11-28-26(17-31)9-10-26/h6-8,13-16,28H,2,5,9-12,17H2,1,3-4H3,(H,27,29)/b19-13-,21-6+. The fourth-order valence-corrected chi connectivity index (χ4v) is 4.54. The first-order valence-electron chi connectivity index (χ1n) is 11.6. The Hall–Kier alpha value is -3.12. The number of H-pyrrole nitrogens is 1. The number of hydrogen-bond acceptors (Lipinski definition) is 5. The summed E-state index contributed by atoms with van der Waals surface area (Å²) in [6, 6.07) is 0. The molecule has 1 spiro atoms. The van der Waals surface area contributed by atoms with Crippen molar-refractivity contribution in [3.05, 3.63) is 83.5 Å². The minimum Gasteiger partial charge on any atom is -0.367 e. The summed E-state index contributed by atoms with van der Waals surface area (Å²) in [6.45, 7) is 13.7. The number of fused-ring (bicyclic) bond motifs is 1. The predicted octanol–water partition coefficient (Wildman–Crippen LogP) is 4.42. The Labute approximate surface area is 190 Å². The summed E-state index contributed by atoms with van der Waals surface area (Å²) in [6.07, 6.45) is 18.4. The largest absolute Gasteiger partial charge is 0.367 e. The van der Waals surface area contributed by atoms with Gasteiger partial charge in [0.15, 0.2) is 0 Å². The lowest BCUT2D eigenvalue weighted by molar-refractivity contribution is 0.237. The molecular weight excluding hydrogens is 396 g/mol. The SMILES string of the molecule is C=C(/C=C(/C)c1ncc(C)[nH]1)C1=C/C(=C\CC)N2C=C(N3CCNC4(CC4)C3)C=CC2=N1. The molecule has 1 saturated carbocycles. The molecule has 0 radical (unpaired) electrons. The molecule has 0 amide bonds. The molecule has 1 aromatic rings. The molecule has 4 aliphatic rings. The highest BCUT2D eigenvalue weighted by Crippen LogP contribution is 2.39. The number of nitrogens with one attached hydrogen (secondary N) is 2. The molecule has 32 heavy (non-hydrogen) atoms. The van der Waals surface area contributed by atoms with Gasteiger partial charge in [0.25, 0.3) is 0 Å². The van der Waals surface area contributed by atoms with E-state index < -0.39 is 0 Å². The van der Waals surface area contributed by atoms with Crippen LogP contribution in [-0.2, 0) is 0 Å². The maximum absolute atomic E-state index is 4.93. The fraction of sp³-hybridized carbons (Fsp3) is 0.385. The van der Waals surface area contributed by atoms with Crippen LogP contribution in [-0.4, -0.2) is 50.8 Å². The highest BCUT2D eigenvalue weighted by Gasteiger charge is 2.45. The molecule has 166 valence electrons. The molecule has 2 fully saturated rings. The number of aromatic nitrogens is 2. The van der Waals surface area contributed by atoms with Gasteiger partial charge in [-0.3, -0.25) is 0 Å². The average molecular weight is 429 g/mol. The number of aryl methyl sites for hydroxylation is 1. The Morgan fingerprint density at radius 3 is 2.88 bits per heavy atom. The molecule has 0 unspecified atom stereocenters. The molecule has 1 aromatic heterocycles. The van der Waals surface area contributed by atoms with Crippen LogP contribution in [0, 0.1) is 6.92 Å². The van der Waals surface area contributed by atoms with Gasteiger partial charge in [0.2, 0.25) is 0 Å². The van der Waals surface area contributed by atoms with Gasteiger partial charge in [-0.25, -0.2) is 9.98 Å². The van der Waals surface area contributed by atoms with Gasteiger partial charge in [0, 0.05) is 49.0 Å². The van der Waals surface area contributed by atoms with Crippen molar-refractivity contribution in [2.24, 2.45) is 4.99 Å². The minimum atomic E-state index is 0.354. The number of rotatable bonds is 5. The van der Waals surface area contributed by atoms with Gasteiger partial charge in [-0.1, -0.05) is 19.6 Å². The molecule has 5 rings (SSSR count). The fourth-order valence-electron chi connectivity index (χ4n) is 4.54. The van der Waals surface area contributed by atoms with E-state index in [2.05, 4.69) is 75.2 Å². The third-order valence-electron chi connectivity index (χ3n) is 6.51. The molecule has 1 saturated heterocycles. The summed E-state index contributed by atoms with van der Waals surface area (Å²) in [4.78, 5) is 17.4. The molecule has 6 nitrogen and oxygen atoms in total. The van der Waals surface area contributed by atoms with Crippen molar-refractivity contribution < 1.29 is 0 Å². The van der Waals surface area contributed by atoms with Crippen molar-refractivity contribution in [1.82, 2.24) is 25.1 Å². The van der Waals surface area contributed by atoms with Crippen molar-refractivity contribution in [2.75, 3.05) is 19.6 Å². The van der Waals surface area contributed by atoms with Crippen LogP contribution in [0.5, 0.6) is 0 Å². The first-order valence-corrected chi connectivity index (χ1v) is 11.6. The first kappa shape index (κ1) is 20.8. The van der Waals surface area contributed by atoms with Crippen LogP contribution < -0.4 is 5.32 Å². The lowest BCUT2D eigenvalue weighted by Gasteiger charge is -2.39. The number of aromatic amines is 1.